The molecule has 1 aromatic heterocycles. The highest BCUT2D eigenvalue weighted by atomic mass is 35.5. The second-order valence-corrected chi connectivity index (χ2v) is 7.95. The van der Waals surface area contributed by atoms with Crippen molar-refractivity contribution < 1.29 is 0 Å². The van der Waals surface area contributed by atoms with Gasteiger partial charge in [-0.2, -0.15) is 0 Å². The average Bonchev–Trinajstić information content (AvgIpc) is 2.32. The SMILES string of the molecule is Cc1c(Cl)nc(C(C)(C)C)nc1NCC(C(C)C)C(C)C. The number of nitrogens with zero attached hydrogens (tertiary/aromatic N) is 2. The molecule has 1 rings (SSSR count). The standard InChI is InChI=1S/C17H30ClN3/c1-10(2)13(11(3)4)9-19-15-12(5)14(18)20-16(21-15)17(6,7)8/h10-11,13H,9H2,1-8H3,(H,19,20,21). The Morgan fingerprint density at radius 1 is 1.05 bits per heavy atom. The number of hydrogen-bond acceptors (Lipinski definition) is 3. The first kappa shape index (κ1) is 18.2. The van der Waals surface area contributed by atoms with Crippen molar-refractivity contribution in [1.29, 1.82) is 0 Å². The van der Waals surface area contributed by atoms with Gasteiger partial charge in [0.05, 0.1) is 0 Å². The van der Waals surface area contributed by atoms with Crippen LogP contribution in [0.2, 0.25) is 5.15 Å². The van der Waals surface area contributed by atoms with Crippen molar-refractivity contribution in [2.45, 2.75) is 60.8 Å². The van der Waals surface area contributed by atoms with E-state index in [1.165, 1.54) is 0 Å². The summed E-state index contributed by atoms with van der Waals surface area (Å²) in [6.07, 6.45) is 0. The van der Waals surface area contributed by atoms with Crippen LogP contribution in [0.1, 0.15) is 59.9 Å². The topological polar surface area (TPSA) is 37.8 Å². The Bertz CT molecular complexity index is 468. The molecule has 4 heteroatoms. The molecule has 0 radical (unpaired) electrons. The molecule has 1 aromatic rings. The monoisotopic (exact) mass is 311 g/mol. The molecule has 0 bridgehead atoms. The van der Waals surface area contributed by atoms with Crippen LogP contribution in [0, 0.1) is 24.7 Å². The van der Waals surface area contributed by atoms with Gasteiger partial charge in [0.25, 0.3) is 0 Å². The molecule has 0 fully saturated rings. The van der Waals surface area contributed by atoms with Crippen molar-refractivity contribution in [2.24, 2.45) is 17.8 Å². The molecule has 0 saturated heterocycles. The number of anilines is 1. The molecule has 0 aliphatic rings. The van der Waals surface area contributed by atoms with Gasteiger partial charge in [-0.3, -0.25) is 0 Å². The van der Waals surface area contributed by atoms with Crippen molar-refractivity contribution >= 4 is 17.4 Å². The summed E-state index contributed by atoms with van der Waals surface area (Å²) >= 11 is 6.27. The maximum absolute atomic E-state index is 6.27. The Hall–Kier alpha value is -0.830. The Labute approximate surface area is 134 Å². The number of nitrogens with one attached hydrogen (secondary N) is 1. The van der Waals surface area contributed by atoms with Crippen LogP contribution in [-0.2, 0) is 5.41 Å². The molecule has 0 aliphatic carbocycles. The lowest BCUT2D eigenvalue weighted by Gasteiger charge is -2.26. The van der Waals surface area contributed by atoms with Gasteiger partial charge in [0.15, 0.2) is 0 Å². The average molecular weight is 312 g/mol. The molecule has 0 atom stereocenters. The van der Waals surface area contributed by atoms with Crippen LogP contribution in [0.5, 0.6) is 0 Å². The maximum Gasteiger partial charge on any atom is 0.137 e. The Kier molecular flexibility index (Phi) is 6.03. The van der Waals surface area contributed by atoms with Crippen LogP contribution >= 0.6 is 11.6 Å². The van der Waals surface area contributed by atoms with Crippen molar-refractivity contribution in [1.82, 2.24) is 9.97 Å². The van der Waals surface area contributed by atoms with Crippen LogP contribution in [0.25, 0.3) is 0 Å². The number of rotatable bonds is 5. The van der Waals surface area contributed by atoms with Gasteiger partial charge in [-0.15, -0.1) is 0 Å². The van der Waals surface area contributed by atoms with E-state index in [2.05, 4.69) is 63.8 Å². The second-order valence-electron chi connectivity index (χ2n) is 7.59. The maximum atomic E-state index is 6.27. The Morgan fingerprint density at radius 2 is 1.57 bits per heavy atom. The van der Waals surface area contributed by atoms with Gasteiger partial charge < -0.3 is 5.32 Å². The third-order valence-corrected chi connectivity index (χ3v) is 4.34. The summed E-state index contributed by atoms with van der Waals surface area (Å²) in [5.74, 6) is 3.53. The van der Waals surface area contributed by atoms with E-state index in [-0.39, 0.29) is 5.41 Å². The molecule has 3 nitrogen and oxygen atoms in total. The van der Waals surface area contributed by atoms with Gasteiger partial charge in [-0.05, 0) is 24.7 Å². The Morgan fingerprint density at radius 3 is 2.00 bits per heavy atom. The van der Waals surface area contributed by atoms with Gasteiger partial charge >= 0.3 is 0 Å². The summed E-state index contributed by atoms with van der Waals surface area (Å²) in [4.78, 5) is 9.10. The summed E-state index contributed by atoms with van der Waals surface area (Å²) in [6.45, 7) is 18.3. The van der Waals surface area contributed by atoms with Gasteiger partial charge in [0.2, 0.25) is 0 Å². The predicted octanol–water partition coefficient (Wildman–Crippen LogP) is 5.08. The van der Waals surface area contributed by atoms with Crippen molar-refractivity contribution in [2.75, 3.05) is 11.9 Å². The van der Waals surface area contributed by atoms with E-state index in [1.54, 1.807) is 0 Å². The van der Waals surface area contributed by atoms with E-state index in [9.17, 15) is 0 Å². The smallest absolute Gasteiger partial charge is 0.137 e. The molecule has 0 unspecified atom stereocenters. The highest BCUT2D eigenvalue weighted by molar-refractivity contribution is 6.30. The van der Waals surface area contributed by atoms with Crippen LogP contribution in [-0.4, -0.2) is 16.5 Å². The first-order valence-corrected chi connectivity index (χ1v) is 8.20. The largest absolute Gasteiger partial charge is 0.369 e. The molecule has 0 spiro atoms. The zero-order valence-electron chi connectivity index (χ0n) is 14.7. The molecule has 0 aliphatic heterocycles. The zero-order valence-corrected chi connectivity index (χ0v) is 15.5. The number of halogens is 1. The minimum absolute atomic E-state index is 0.108. The molecular weight excluding hydrogens is 282 g/mol. The Balaban J connectivity index is 3.00. The van der Waals surface area contributed by atoms with Crippen LogP contribution in [0.15, 0.2) is 0 Å². The summed E-state index contributed by atoms with van der Waals surface area (Å²) in [5, 5.41) is 4.04. The van der Waals surface area contributed by atoms with Gasteiger partial charge in [0, 0.05) is 17.5 Å². The quantitative estimate of drug-likeness (QED) is 0.771. The van der Waals surface area contributed by atoms with Gasteiger partial charge in [0.1, 0.15) is 16.8 Å². The zero-order chi connectivity index (χ0) is 16.4. The van der Waals surface area contributed by atoms with Crippen LogP contribution in [0.4, 0.5) is 5.82 Å². The fraction of sp³-hybridized carbons (Fsp3) is 0.765. The summed E-state index contributed by atoms with van der Waals surface area (Å²) in [7, 11) is 0. The molecule has 1 heterocycles. The lowest BCUT2D eigenvalue weighted by molar-refractivity contribution is 0.304. The van der Waals surface area contributed by atoms with Gasteiger partial charge in [-0.25, -0.2) is 9.97 Å². The van der Waals surface area contributed by atoms with E-state index < -0.39 is 0 Å². The predicted molar refractivity (Wildman–Crippen MR) is 92.1 cm³/mol. The minimum atomic E-state index is -0.108. The fourth-order valence-electron chi connectivity index (χ4n) is 2.45. The third-order valence-electron chi connectivity index (χ3n) is 3.98. The van der Waals surface area contributed by atoms with E-state index in [1.807, 2.05) is 6.92 Å². The molecule has 120 valence electrons. The molecule has 1 N–H and O–H groups in total. The van der Waals surface area contributed by atoms with E-state index >= 15 is 0 Å². The van der Waals surface area contributed by atoms with E-state index in [0.29, 0.717) is 22.9 Å². The molecule has 0 saturated carbocycles. The number of aromatic nitrogens is 2. The van der Waals surface area contributed by atoms with Crippen molar-refractivity contribution in [3.63, 3.8) is 0 Å². The first-order chi connectivity index (χ1) is 9.54. The van der Waals surface area contributed by atoms with E-state index in [4.69, 9.17) is 11.6 Å². The third kappa shape index (κ3) is 4.84. The molecule has 0 amide bonds. The highest BCUT2D eigenvalue weighted by Gasteiger charge is 2.22. The van der Waals surface area contributed by atoms with Crippen LogP contribution in [0.3, 0.4) is 0 Å². The van der Waals surface area contributed by atoms with Crippen LogP contribution < -0.4 is 5.32 Å². The fourth-order valence-corrected chi connectivity index (χ4v) is 2.62. The first-order valence-electron chi connectivity index (χ1n) is 7.82. The van der Waals surface area contributed by atoms with E-state index in [0.717, 1.165) is 23.8 Å². The highest BCUT2D eigenvalue weighted by Crippen LogP contribution is 2.27. The molecular formula is C17H30ClN3. The minimum Gasteiger partial charge on any atom is -0.369 e. The lowest BCUT2D eigenvalue weighted by atomic mass is 9.85. The van der Waals surface area contributed by atoms with Crippen molar-refractivity contribution in [3.05, 3.63) is 16.5 Å². The molecule has 21 heavy (non-hydrogen) atoms. The normalized spacial score (nSPS) is 12.6. The number of hydrogen-bond donors (Lipinski definition) is 1. The molecule has 0 aromatic carbocycles. The lowest BCUT2D eigenvalue weighted by Crippen LogP contribution is -2.26. The summed E-state index contributed by atoms with van der Waals surface area (Å²) in [5.41, 5.74) is 0.819. The summed E-state index contributed by atoms with van der Waals surface area (Å²) in [6, 6.07) is 0. The van der Waals surface area contributed by atoms with Crippen molar-refractivity contribution in [3.8, 4) is 0 Å². The second kappa shape index (κ2) is 6.95. The summed E-state index contributed by atoms with van der Waals surface area (Å²) < 4.78 is 0. The van der Waals surface area contributed by atoms with Gasteiger partial charge in [-0.1, -0.05) is 60.1 Å².